The molecule has 1 aromatic heterocycles. The van der Waals surface area contributed by atoms with Crippen LogP contribution < -0.4 is 10.1 Å². The molecule has 5 nitrogen and oxygen atoms in total. The summed E-state index contributed by atoms with van der Waals surface area (Å²) >= 11 is 0. The molecule has 0 atom stereocenters. The molecule has 1 amide bonds. The Bertz CT molecular complexity index is 991. The maximum absolute atomic E-state index is 12.8. The van der Waals surface area contributed by atoms with Gasteiger partial charge in [0.15, 0.2) is 0 Å². The number of aryl methyl sites for hydroxylation is 1. The maximum Gasteiger partial charge on any atom is 0.255 e. The highest BCUT2D eigenvalue weighted by Crippen LogP contribution is 2.27. The minimum Gasteiger partial charge on any atom is -0.490 e. The van der Waals surface area contributed by atoms with Crippen LogP contribution in [0.15, 0.2) is 54.6 Å². The molecule has 1 heterocycles. The van der Waals surface area contributed by atoms with Gasteiger partial charge in [-0.1, -0.05) is 42.5 Å². The summed E-state index contributed by atoms with van der Waals surface area (Å²) in [5.41, 5.74) is 4.87. The number of ether oxygens (including phenoxy) is 1. The predicted octanol–water partition coefficient (Wildman–Crippen LogP) is 4.41. The van der Waals surface area contributed by atoms with E-state index in [-0.39, 0.29) is 12.0 Å². The molecule has 29 heavy (non-hydrogen) atoms. The summed E-state index contributed by atoms with van der Waals surface area (Å²) in [4.78, 5) is 12.8. The van der Waals surface area contributed by atoms with E-state index in [0.29, 0.717) is 17.9 Å². The fourth-order valence-electron chi connectivity index (χ4n) is 3.59. The molecule has 0 unspecified atom stereocenters. The van der Waals surface area contributed by atoms with Crippen molar-refractivity contribution in [3.63, 3.8) is 0 Å². The van der Waals surface area contributed by atoms with Gasteiger partial charge in [-0.25, -0.2) is 0 Å². The molecule has 1 aliphatic carbocycles. The molecule has 0 saturated heterocycles. The number of aromatic nitrogens is 2. The lowest BCUT2D eigenvalue weighted by Crippen LogP contribution is -2.28. The summed E-state index contributed by atoms with van der Waals surface area (Å²) in [5, 5.41) is 7.72. The van der Waals surface area contributed by atoms with Gasteiger partial charge >= 0.3 is 0 Å². The molecule has 1 aliphatic rings. The van der Waals surface area contributed by atoms with Crippen LogP contribution in [0.4, 0.5) is 0 Å². The average Bonchev–Trinajstić information content (AvgIpc) is 2.97. The van der Waals surface area contributed by atoms with Crippen molar-refractivity contribution in [2.75, 3.05) is 0 Å². The van der Waals surface area contributed by atoms with E-state index in [1.54, 1.807) is 0 Å². The Labute approximate surface area is 171 Å². The summed E-state index contributed by atoms with van der Waals surface area (Å²) < 4.78 is 8.00. The number of hydrogen-bond acceptors (Lipinski definition) is 3. The van der Waals surface area contributed by atoms with Gasteiger partial charge in [0.2, 0.25) is 0 Å². The van der Waals surface area contributed by atoms with Gasteiger partial charge in [-0.05, 0) is 50.8 Å². The van der Waals surface area contributed by atoms with Gasteiger partial charge < -0.3 is 10.1 Å². The minimum atomic E-state index is -0.116. The van der Waals surface area contributed by atoms with E-state index < -0.39 is 0 Å². The quantitative estimate of drug-likeness (QED) is 0.651. The first kappa shape index (κ1) is 19.2. The standard InChI is InChI=1S/C24H27N3O2/c1-17-22(18(2)27(26-17)16-19-9-4-3-5-10-19)15-25-24(28)21-13-6-7-14-23(21)29-20-11-8-12-20/h3-7,9-10,13-14,20H,8,11-12,15-16H2,1-2H3,(H,25,28). The lowest BCUT2D eigenvalue weighted by atomic mass is 9.96. The topological polar surface area (TPSA) is 56.2 Å². The Morgan fingerprint density at radius 1 is 1.10 bits per heavy atom. The van der Waals surface area contributed by atoms with Gasteiger partial charge in [-0.15, -0.1) is 0 Å². The normalized spacial score (nSPS) is 13.7. The number of amides is 1. The summed E-state index contributed by atoms with van der Waals surface area (Å²) in [6.07, 6.45) is 3.57. The van der Waals surface area contributed by atoms with Gasteiger partial charge in [0.25, 0.3) is 5.91 Å². The Morgan fingerprint density at radius 2 is 1.83 bits per heavy atom. The Hall–Kier alpha value is -3.08. The van der Waals surface area contributed by atoms with Crippen LogP contribution in [0.5, 0.6) is 5.75 Å². The largest absolute Gasteiger partial charge is 0.490 e. The van der Waals surface area contributed by atoms with Crippen molar-refractivity contribution in [3.8, 4) is 5.75 Å². The molecule has 2 aromatic carbocycles. The van der Waals surface area contributed by atoms with E-state index in [1.807, 2.05) is 54.1 Å². The number of carbonyl (C=O) groups is 1. The van der Waals surface area contributed by atoms with E-state index in [9.17, 15) is 4.79 Å². The van der Waals surface area contributed by atoms with E-state index in [1.165, 1.54) is 12.0 Å². The first-order valence-corrected chi connectivity index (χ1v) is 10.2. The molecule has 0 aliphatic heterocycles. The Balaban J connectivity index is 1.45. The highest BCUT2D eigenvalue weighted by Gasteiger charge is 2.22. The molecule has 1 saturated carbocycles. The summed E-state index contributed by atoms with van der Waals surface area (Å²) in [6, 6.07) is 17.7. The van der Waals surface area contributed by atoms with Crippen molar-refractivity contribution in [3.05, 3.63) is 82.7 Å². The van der Waals surface area contributed by atoms with Crippen molar-refractivity contribution in [1.82, 2.24) is 15.1 Å². The zero-order chi connectivity index (χ0) is 20.2. The number of rotatable bonds is 7. The molecule has 0 radical (unpaired) electrons. The van der Waals surface area contributed by atoms with Crippen molar-refractivity contribution >= 4 is 5.91 Å². The Kier molecular flexibility index (Phi) is 5.65. The monoisotopic (exact) mass is 389 g/mol. The molecule has 0 bridgehead atoms. The lowest BCUT2D eigenvalue weighted by Gasteiger charge is -2.27. The van der Waals surface area contributed by atoms with Gasteiger partial charge in [-0.3, -0.25) is 9.48 Å². The molecular formula is C24H27N3O2. The molecule has 1 fully saturated rings. The van der Waals surface area contributed by atoms with E-state index in [0.717, 1.165) is 36.3 Å². The highest BCUT2D eigenvalue weighted by molar-refractivity contribution is 5.96. The maximum atomic E-state index is 12.8. The van der Waals surface area contributed by atoms with Crippen LogP contribution in [0, 0.1) is 13.8 Å². The fourth-order valence-corrected chi connectivity index (χ4v) is 3.59. The van der Waals surface area contributed by atoms with Crippen LogP contribution in [-0.2, 0) is 13.1 Å². The molecule has 4 rings (SSSR count). The number of para-hydroxylation sites is 1. The third kappa shape index (κ3) is 4.34. The zero-order valence-electron chi connectivity index (χ0n) is 17.0. The molecule has 1 N–H and O–H groups in total. The number of nitrogens with one attached hydrogen (secondary N) is 1. The van der Waals surface area contributed by atoms with Crippen molar-refractivity contribution < 1.29 is 9.53 Å². The van der Waals surface area contributed by atoms with E-state index >= 15 is 0 Å². The van der Waals surface area contributed by atoms with Crippen LogP contribution in [0.1, 0.15) is 52.1 Å². The van der Waals surface area contributed by atoms with Gasteiger partial charge in [0, 0.05) is 17.8 Å². The third-order valence-electron chi connectivity index (χ3n) is 5.61. The predicted molar refractivity (Wildman–Crippen MR) is 113 cm³/mol. The van der Waals surface area contributed by atoms with Crippen LogP contribution in [0.3, 0.4) is 0 Å². The second kappa shape index (κ2) is 8.52. The minimum absolute atomic E-state index is 0.116. The first-order valence-electron chi connectivity index (χ1n) is 10.2. The SMILES string of the molecule is Cc1nn(Cc2ccccc2)c(C)c1CNC(=O)c1ccccc1OC1CCC1. The summed E-state index contributed by atoms with van der Waals surface area (Å²) in [5.74, 6) is 0.553. The molecule has 150 valence electrons. The second-order valence-electron chi connectivity index (χ2n) is 7.64. The molecule has 0 spiro atoms. The van der Waals surface area contributed by atoms with Crippen LogP contribution in [0.2, 0.25) is 0 Å². The first-order chi connectivity index (χ1) is 14.1. The van der Waals surface area contributed by atoms with Crippen molar-refractivity contribution in [2.24, 2.45) is 0 Å². The zero-order valence-corrected chi connectivity index (χ0v) is 17.0. The smallest absolute Gasteiger partial charge is 0.255 e. The van der Waals surface area contributed by atoms with Gasteiger partial charge in [0.1, 0.15) is 5.75 Å². The highest BCUT2D eigenvalue weighted by atomic mass is 16.5. The number of carbonyl (C=O) groups excluding carboxylic acids is 1. The molecule has 5 heteroatoms. The van der Waals surface area contributed by atoms with Gasteiger partial charge in [-0.2, -0.15) is 5.10 Å². The van der Waals surface area contributed by atoms with Crippen molar-refractivity contribution in [2.45, 2.75) is 52.3 Å². The Morgan fingerprint density at radius 3 is 2.55 bits per heavy atom. The number of nitrogens with zero attached hydrogens (tertiary/aromatic N) is 2. The van der Waals surface area contributed by atoms with Crippen molar-refractivity contribution in [1.29, 1.82) is 0 Å². The number of benzene rings is 2. The lowest BCUT2D eigenvalue weighted by molar-refractivity contribution is 0.0925. The third-order valence-corrected chi connectivity index (χ3v) is 5.61. The van der Waals surface area contributed by atoms with Crippen LogP contribution >= 0.6 is 0 Å². The molecular weight excluding hydrogens is 362 g/mol. The van der Waals surface area contributed by atoms with Crippen LogP contribution in [0.25, 0.3) is 0 Å². The summed E-state index contributed by atoms with van der Waals surface area (Å²) in [6.45, 7) is 5.21. The van der Waals surface area contributed by atoms with E-state index in [2.05, 4.69) is 29.5 Å². The van der Waals surface area contributed by atoms with Gasteiger partial charge in [0.05, 0.1) is 23.9 Å². The summed E-state index contributed by atoms with van der Waals surface area (Å²) in [7, 11) is 0. The number of hydrogen-bond donors (Lipinski definition) is 1. The molecule has 3 aromatic rings. The van der Waals surface area contributed by atoms with E-state index in [4.69, 9.17) is 4.74 Å². The second-order valence-corrected chi connectivity index (χ2v) is 7.64. The van der Waals surface area contributed by atoms with Crippen LogP contribution in [-0.4, -0.2) is 21.8 Å². The fraction of sp³-hybridized carbons (Fsp3) is 0.333. The average molecular weight is 389 g/mol.